The molecule has 0 saturated carbocycles. The number of nitrogens with zero attached hydrogens (tertiary/aromatic N) is 1. The van der Waals surface area contributed by atoms with Crippen molar-refractivity contribution in [2.45, 2.75) is 26.0 Å². The third kappa shape index (κ3) is 3.60. The van der Waals surface area contributed by atoms with Gasteiger partial charge in [0.15, 0.2) is 0 Å². The van der Waals surface area contributed by atoms with Crippen molar-refractivity contribution < 1.29 is 13.9 Å². The molecule has 2 atom stereocenters. The van der Waals surface area contributed by atoms with Gasteiger partial charge in [-0.2, -0.15) is 0 Å². The summed E-state index contributed by atoms with van der Waals surface area (Å²) in [6.07, 6.45) is -0.00955. The minimum absolute atomic E-state index is 0.00955. The van der Waals surface area contributed by atoms with Crippen LogP contribution in [0.3, 0.4) is 0 Å². The maximum Gasteiger partial charge on any atom is 0.254 e. The number of hydrogen-bond donors (Lipinski definition) is 1. The second-order valence-corrected chi connectivity index (χ2v) is 5.15. The van der Waals surface area contributed by atoms with Crippen LogP contribution in [0.5, 0.6) is 0 Å². The molecule has 0 spiro atoms. The Balaban J connectivity index is 2.21. The Kier molecular flexibility index (Phi) is 4.94. The number of halogens is 1. The number of hydrogen-bond acceptors (Lipinski definition) is 3. The smallest absolute Gasteiger partial charge is 0.254 e. The van der Waals surface area contributed by atoms with Crippen molar-refractivity contribution in [2.24, 2.45) is 5.73 Å². The fourth-order valence-electron chi connectivity index (χ4n) is 2.25. The van der Waals surface area contributed by atoms with Crippen molar-refractivity contribution >= 4 is 5.91 Å². The predicted octanol–water partition coefficient (Wildman–Crippen LogP) is 1.39. The molecule has 0 radical (unpaired) electrons. The van der Waals surface area contributed by atoms with Gasteiger partial charge in [-0.1, -0.05) is 11.8 Å². The second-order valence-electron chi connectivity index (χ2n) is 5.15. The average molecular weight is 290 g/mol. The number of ether oxygens (including phenoxy) is 1. The maximum absolute atomic E-state index is 13.9. The summed E-state index contributed by atoms with van der Waals surface area (Å²) in [7, 11) is 0. The van der Waals surface area contributed by atoms with E-state index in [1.165, 1.54) is 12.1 Å². The van der Waals surface area contributed by atoms with E-state index in [0.717, 1.165) is 0 Å². The van der Waals surface area contributed by atoms with Gasteiger partial charge in [0, 0.05) is 12.1 Å². The lowest BCUT2D eigenvalue weighted by Crippen LogP contribution is -2.50. The first-order chi connectivity index (χ1) is 10.0. The monoisotopic (exact) mass is 290 g/mol. The average Bonchev–Trinajstić information content (AvgIpc) is 2.47. The van der Waals surface area contributed by atoms with Gasteiger partial charge in [0.05, 0.1) is 30.9 Å². The first kappa shape index (κ1) is 15.5. The Morgan fingerprint density at radius 3 is 2.95 bits per heavy atom. The van der Waals surface area contributed by atoms with Crippen LogP contribution in [-0.4, -0.2) is 42.6 Å². The molecule has 1 aliphatic rings. The van der Waals surface area contributed by atoms with Crippen LogP contribution in [0.4, 0.5) is 4.39 Å². The number of carbonyl (C=O) groups excluding carboxylic acids is 1. The summed E-state index contributed by atoms with van der Waals surface area (Å²) in [5.41, 5.74) is 5.84. The van der Waals surface area contributed by atoms with Crippen LogP contribution in [0.25, 0.3) is 0 Å². The zero-order valence-electron chi connectivity index (χ0n) is 12.2. The first-order valence-corrected chi connectivity index (χ1v) is 6.94. The Bertz CT molecular complexity index is 592. The highest BCUT2D eigenvalue weighted by atomic mass is 19.1. The highest BCUT2D eigenvalue weighted by molar-refractivity contribution is 5.94. The third-order valence-corrected chi connectivity index (χ3v) is 3.41. The fraction of sp³-hybridized carbons (Fsp3) is 0.438. The molecule has 1 saturated heterocycles. The molecule has 2 unspecified atom stereocenters. The normalized spacial score (nSPS) is 21.6. The summed E-state index contributed by atoms with van der Waals surface area (Å²) in [6.45, 7) is 5.01. The van der Waals surface area contributed by atoms with E-state index < -0.39 is 5.82 Å². The molecular weight excluding hydrogens is 271 g/mol. The quantitative estimate of drug-likeness (QED) is 0.795. The topological polar surface area (TPSA) is 55.6 Å². The lowest BCUT2D eigenvalue weighted by atomic mass is 10.1. The number of nitrogens with two attached hydrogens (primary N) is 1. The van der Waals surface area contributed by atoms with E-state index in [4.69, 9.17) is 10.5 Å². The lowest BCUT2D eigenvalue weighted by Gasteiger charge is -2.36. The second kappa shape index (κ2) is 6.70. The van der Waals surface area contributed by atoms with Crippen molar-refractivity contribution in [3.05, 3.63) is 35.1 Å². The van der Waals surface area contributed by atoms with Crippen LogP contribution >= 0.6 is 0 Å². The maximum atomic E-state index is 13.9. The van der Waals surface area contributed by atoms with Crippen LogP contribution in [0.15, 0.2) is 18.2 Å². The molecular formula is C16H19FN2O2. The third-order valence-electron chi connectivity index (χ3n) is 3.41. The number of rotatable bonds is 1. The van der Waals surface area contributed by atoms with E-state index in [1.807, 2.05) is 13.8 Å². The molecule has 2 N–H and O–H groups in total. The SMILES string of the molecule is CC1CN(C(=O)c2ccc(C#CCN)c(F)c2)C(C)CO1. The molecule has 1 heterocycles. The van der Waals surface area contributed by atoms with Gasteiger partial charge in [-0.15, -0.1) is 0 Å². The van der Waals surface area contributed by atoms with Crippen LogP contribution < -0.4 is 5.73 Å². The van der Waals surface area contributed by atoms with Gasteiger partial charge in [-0.3, -0.25) is 4.79 Å². The van der Waals surface area contributed by atoms with E-state index >= 15 is 0 Å². The molecule has 0 aromatic heterocycles. The molecule has 1 aromatic rings. The molecule has 1 amide bonds. The van der Waals surface area contributed by atoms with E-state index in [-0.39, 0.29) is 30.2 Å². The summed E-state index contributed by atoms with van der Waals surface area (Å²) >= 11 is 0. The van der Waals surface area contributed by atoms with Gasteiger partial charge in [-0.05, 0) is 32.0 Å². The van der Waals surface area contributed by atoms with Gasteiger partial charge >= 0.3 is 0 Å². The van der Waals surface area contributed by atoms with Crippen molar-refractivity contribution in [3.63, 3.8) is 0 Å². The van der Waals surface area contributed by atoms with Gasteiger partial charge < -0.3 is 15.4 Å². The Hall–Kier alpha value is -1.90. The predicted molar refractivity (Wildman–Crippen MR) is 78.2 cm³/mol. The van der Waals surface area contributed by atoms with Crippen molar-refractivity contribution in [1.29, 1.82) is 0 Å². The summed E-state index contributed by atoms with van der Waals surface area (Å²) < 4.78 is 19.4. The molecule has 1 fully saturated rings. The molecule has 1 aromatic carbocycles. The lowest BCUT2D eigenvalue weighted by molar-refractivity contribution is -0.0387. The molecule has 2 rings (SSSR count). The molecule has 4 nitrogen and oxygen atoms in total. The standard InChI is InChI=1S/C16H19FN2O2/c1-11-10-21-12(2)9-19(11)16(20)14-6-5-13(4-3-7-18)15(17)8-14/h5-6,8,11-12H,7,9-10,18H2,1-2H3. The molecule has 112 valence electrons. The summed E-state index contributed by atoms with van der Waals surface area (Å²) in [4.78, 5) is 14.2. The van der Waals surface area contributed by atoms with Gasteiger partial charge in [0.2, 0.25) is 0 Å². The van der Waals surface area contributed by atoms with Gasteiger partial charge in [0.25, 0.3) is 5.91 Å². The summed E-state index contributed by atoms with van der Waals surface area (Å²) in [5, 5.41) is 0. The number of benzene rings is 1. The zero-order valence-corrected chi connectivity index (χ0v) is 12.2. The molecule has 1 aliphatic heterocycles. The number of carbonyl (C=O) groups is 1. The van der Waals surface area contributed by atoms with E-state index in [9.17, 15) is 9.18 Å². The molecule has 0 bridgehead atoms. The summed E-state index contributed by atoms with van der Waals surface area (Å²) in [6, 6.07) is 4.32. The van der Waals surface area contributed by atoms with Crippen LogP contribution in [-0.2, 0) is 4.74 Å². The Labute approximate surface area is 124 Å². The Morgan fingerprint density at radius 1 is 1.52 bits per heavy atom. The fourth-order valence-corrected chi connectivity index (χ4v) is 2.25. The van der Waals surface area contributed by atoms with Crippen LogP contribution in [0.1, 0.15) is 29.8 Å². The van der Waals surface area contributed by atoms with Crippen molar-refractivity contribution in [2.75, 3.05) is 19.7 Å². The molecule has 0 aliphatic carbocycles. The van der Waals surface area contributed by atoms with E-state index in [1.54, 1.807) is 11.0 Å². The number of morpholine rings is 1. The minimum atomic E-state index is -0.504. The van der Waals surface area contributed by atoms with Crippen molar-refractivity contribution in [3.8, 4) is 11.8 Å². The van der Waals surface area contributed by atoms with E-state index in [0.29, 0.717) is 18.7 Å². The van der Waals surface area contributed by atoms with Crippen molar-refractivity contribution in [1.82, 2.24) is 4.90 Å². The highest BCUT2D eigenvalue weighted by Gasteiger charge is 2.28. The Morgan fingerprint density at radius 2 is 2.29 bits per heavy atom. The van der Waals surface area contributed by atoms with Gasteiger partial charge in [0.1, 0.15) is 5.82 Å². The largest absolute Gasteiger partial charge is 0.375 e. The van der Waals surface area contributed by atoms with Gasteiger partial charge in [-0.25, -0.2) is 4.39 Å². The van der Waals surface area contributed by atoms with Crippen LogP contribution in [0.2, 0.25) is 0 Å². The highest BCUT2D eigenvalue weighted by Crippen LogP contribution is 2.17. The van der Waals surface area contributed by atoms with Crippen LogP contribution in [0, 0.1) is 17.7 Å². The van der Waals surface area contributed by atoms with E-state index in [2.05, 4.69) is 11.8 Å². The molecule has 5 heteroatoms. The summed E-state index contributed by atoms with van der Waals surface area (Å²) in [5.74, 6) is 4.55. The first-order valence-electron chi connectivity index (χ1n) is 6.94. The minimum Gasteiger partial charge on any atom is -0.375 e. The zero-order chi connectivity index (χ0) is 15.4. The number of amides is 1. The molecule has 21 heavy (non-hydrogen) atoms.